The number of benzene rings is 1. The van der Waals surface area contributed by atoms with Crippen molar-refractivity contribution < 1.29 is 34.7 Å². The van der Waals surface area contributed by atoms with Crippen molar-refractivity contribution in [2.24, 2.45) is 0 Å². The summed E-state index contributed by atoms with van der Waals surface area (Å²) in [5, 5.41) is 15.4. The van der Waals surface area contributed by atoms with E-state index in [2.05, 4.69) is 67.3 Å². The Bertz CT molecular complexity index is 483. The first kappa shape index (κ1) is 22.4. The first-order valence-corrected chi connectivity index (χ1v) is 9.98. The van der Waals surface area contributed by atoms with Crippen LogP contribution in [0.2, 0.25) is 0 Å². The van der Waals surface area contributed by atoms with Crippen molar-refractivity contribution in [2.45, 2.75) is 19.4 Å². The Morgan fingerprint density at radius 3 is 2.52 bits per heavy atom. The molecule has 4 nitrogen and oxygen atoms in total. The Morgan fingerprint density at radius 2 is 1.83 bits per heavy atom. The van der Waals surface area contributed by atoms with E-state index in [-0.39, 0.29) is 35.3 Å². The van der Waals surface area contributed by atoms with Gasteiger partial charge in [-0.1, -0.05) is 5.75 Å². The van der Waals surface area contributed by atoms with Crippen molar-refractivity contribution in [3.05, 3.63) is 24.8 Å². The molecule has 124 valence electrons. The molecule has 0 aromatic heterocycles. The second-order valence-corrected chi connectivity index (χ2v) is 8.31. The molecule has 0 unspecified atom stereocenters. The molecule has 0 spiro atoms. The monoisotopic (exact) mass is 551 g/mol. The Balaban J connectivity index is 0.00000264. The largest absolute Gasteiger partial charge is 1.00 e. The van der Waals surface area contributed by atoms with Gasteiger partial charge in [-0.05, 0) is 95.9 Å². The van der Waals surface area contributed by atoms with Crippen molar-refractivity contribution in [1.82, 2.24) is 15.1 Å². The minimum atomic E-state index is 0. The molecule has 0 radical (unpaired) electrons. The van der Waals surface area contributed by atoms with Crippen LogP contribution in [-0.2, 0) is 6.54 Å². The van der Waals surface area contributed by atoms with Gasteiger partial charge in [-0.15, -0.1) is 0 Å². The van der Waals surface area contributed by atoms with Gasteiger partial charge in [0.1, 0.15) is 0 Å². The SMILES string of the molecule is CN1CCN(CCCCNCc2cc(I)cc(I)c2[O-])CC1.[Na+]. The fraction of sp³-hybridized carbons (Fsp3) is 0.625. The van der Waals surface area contributed by atoms with Crippen molar-refractivity contribution in [3.63, 3.8) is 0 Å². The third-order valence-corrected chi connectivity index (χ3v) is 5.50. The number of piperazine rings is 1. The van der Waals surface area contributed by atoms with Crippen LogP contribution in [0, 0.1) is 7.14 Å². The van der Waals surface area contributed by atoms with E-state index in [0.717, 1.165) is 19.2 Å². The van der Waals surface area contributed by atoms with Crippen molar-refractivity contribution in [1.29, 1.82) is 0 Å². The number of halogens is 2. The van der Waals surface area contributed by atoms with E-state index < -0.39 is 0 Å². The Morgan fingerprint density at radius 1 is 1.13 bits per heavy atom. The third-order valence-electron chi connectivity index (χ3n) is 4.07. The van der Waals surface area contributed by atoms with Gasteiger partial charge in [0.05, 0.1) is 0 Å². The second-order valence-electron chi connectivity index (χ2n) is 5.90. The van der Waals surface area contributed by atoms with Gasteiger partial charge in [0.15, 0.2) is 0 Å². The van der Waals surface area contributed by atoms with Gasteiger partial charge in [0.2, 0.25) is 0 Å². The van der Waals surface area contributed by atoms with Crippen LogP contribution in [0.1, 0.15) is 18.4 Å². The van der Waals surface area contributed by atoms with Crippen LogP contribution in [0.4, 0.5) is 0 Å². The predicted molar refractivity (Wildman–Crippen MR) is 106 cm³/mol. The number of likely N-dealkylation sites (N-methyl/N-ethyl adjacent to an activating group) is 1. The first-order valence-electron chi connectivity index (χ1n) is 7.83. The molecular weight excluding hydrogens is 527 g/mol. The summed E-state index contributed by atoms with van der Waals surface area (Å²) >= 11 is 4.39. The molecule has 1 aliphatic heterocycles. The molecule has 2 rings (SSSR count). The quantitative estimate of drug-likeness (QED) is 0.271. The molecule has 1 heterocycles. The van der Waals surface area contributed by atoms with E-state index in [1.54, 1.807) is 0 Å². The summed E-state index contributed by atoms with van der Waals surface area (Å²) in [4.78, 5) is 4.94. The van der Waals surface area contributed by atoms with Gasteiger partial charge in [0, 0.05) is 39.9 Å². The van der Waals surface area contributed by atoms with Crippen LogP contribution in [0.3, 0.4) is 0 Å². The molecule has 0 atom stereocenters. The summed E-state index contributed by atoms with van der Waals surface area (Å²) in [5.41, 5.74) is 0.885. The average Bonchev–Trinajstić information content (AvgIpc) is 2.49. The van der Waals surface area contributed by atoms with E-state index in [9.17, 15) is 5.11 Å². The molecule has 1 aliphatic rings. The fourth-order valence-corrected chi connectivity index (χ4v) is 4.59. The van der Waals surface area contributed by atoms with Crippen molar-refractivity contribution in [3.8, 4) is 5.75 Å². The number of hydrogen-bond acceptors (Lipinski definition) is 4. The zero-order valence-electron chi connectivity index (χ0n) is 14.1. The molecule has 0 amide bonds. The maximum Gasteiger partial charge on any atom is 1.00 e. The Labute approximate surface area is 189 Å². The summed E-state index contributed by atoms with van der Waals surface area (Å²) in [5.74, 6) is 0.172. The third kappa shape index (κ3) is 8.06. The van der Waals surface area contributed by atoms with Crippen LogP contribution in [0.25, 0.3) is 0 Å². The van der Waals surface area contributed by atoms with E-state index in [1.807, 2.05) is 12.1 Å². The standard InChI is InChI=1S/C16H25I2N3O.Na/c1-20-6-8-21(9-7-20)5-3-2-4-19-12-13-10-14(17)11-15(18)16(13)22;/h10-11,19,22H,2-9,12H2,1H3;/q;+1/p-1. The van der Waals surface area contributed by atoms with E-state index in [1.165, 1.54) is 45.6 Å². The molecular formula is C16H24I2N3NaO. The minimum absolute atomic E-state index is 0. The summed E-state index contributed by atoms with van der Waals surface area (Å²) in [7, 11) is 2.19. The molecule has 0 aliphatic carbocycles. The molecule has 7 heteroatoms. The number of hydrogen-bond donors (Lipinski definition) is 1. The fourth-order valence-electron chi connectivity index (χ4n) is 2.62. The van der Waals surface area contributed by atoms with Gasteiger partial charge in [-0.3, -0.25) is 0 Å². The molecule has 0 saturated carbocycles. The molecule has 23 heavy (non-hydrogen) atoms. The zero-order valence-corrected chi connectivity index (χ0v) is 20.4. The molecule has 1 saturated heterocycles. The maximum atomic E-state index is 12.0. The van der Waals surface area contributed by atoms with Gasteiger partial charge >= 0.3 is 29.6 Å². The van der Waals surface area contributed by atoms with Gasteiger partial charge in [0.25, 0.3) is 0 Å². The molecule has 1 aromatic rings. The van der Waals surface area contributed by atoms with Gasteiger partial charge in [-0.25, -0.2) is 0 Å². The number of unbranched alkanes of at least 4 members (excludes halogenated alkanes) is 1. The van der Waals surface area contributed by atoms with Crippen LogP contribution in [-0.4, -0.2) is 56.1 Å². The summed E-state index contributed by atoms with van der Waals surface area (Å²) < 4.78 is 1.95. The Hall–Kier alpha value is 1.36. The van der Waals surface area contributed by atoms with E-state index in [0.29, 0.717) is 6.54 Å². The van der Waals surface area contributed by atoms with Gasteiger partial charge in [-0.2, -0.15) is 0 Å². The van der Waals surface area contributed by atoms with Crippen LogP contribution in [0.5, 0.6) is 5.75 Å². The van der Waals surface area contributed by atoms with E-state index in [4.69, 9.17) is 0 Å². The smallest absolute Gasteiger partial charge is 0.872 e. The maximum absolute atomic E-state index is 12.0. The predicted octanol–water partition coefficient (Wildman–Crippen LogP) is -0.909. The summed E-state index contributed by atoms with van der Waals surface area (Å²) in [6.45, 7) is 7.64. The van der Waals surface area contributed by atoms with Crippen LogP contribution >= 0.6 is 45.2 Å². The average molecular weight is 551 g/mol. The van der Waals surface area contributed by atoms with Crippen molar-refractivity contribution in [2.75, 3.05) is 46.3 Å². The van der Waals surface area contributed by atoms with Crippen molar-refractivity contribution >= 4 is 45.2 Å². The zero-order chi connectivity index (χ0) is 15.9. The van der Waals surface area contributed by atoms with Gasteiger partial charge < -0.3 is 20.2 Å². The number of nitrogens with one attached hydrogen (secondary N) is 1. The van der Waals surface area contributed by atoms with Crippen LogP contribution < -0.4 is 40.0 Å². The summed E-state index contributed by atoms with van der Waals surface area (Å²) in [6.07, 6.45) is 2.40. The molecule has 1 N–H and O–H groups in total. The minimum Gasteiger partial charge on any atom is -0.872 e. The molecule has 1 aromatic carbocycles. The van der Waals surface area contributed by atoms with E-state index >= 15 is 0 Å². The first-order chi connectivity index (χ1) is 10.6. The Kier molecular flexibility index (Phi) is 11.6. The normalized spacial score (nSPS) is 16.3. The number of rotatable bonds is 7. The second kappa shape index (κ2) is 11.9. The number of nitrogens with zero attached hydrogens (tertiary/aromatic N) is 2. The van der Waals surface area contributed by atoms with Crippen LogP contribution in [0.15, 0.2) is 12.1 Å². The summed E-state index contributed by atoms with van der Waals surface area (Å²) in [6, 6.07) is 3.92. The topological polar surface area (TPSA) is 41.6 Å². The molecule has 1 fully saturated rings. The molecule has 0 bridgehead atoms.